The Labute approximate surface area is 157 Å². The Bertz CT molecular complexity index is 946. The summed E-state index contributed by atoms with van der Waals surface area (Å²) in [6.07, 6.45) is 0. The quantitative estimate of drug-likeness (QED) is 0.466. The summed E-state index contributed by atoms with van der Waals surface area (Å²) < 4.78 is 10.6. The number of hydrogen-bond donors (Lipinski definition) is 3. The Kier molecular flexibility index (Phi) is 5.38. The molecule has 0 saturated heterocycles. The molecule has 7 heteroatoms. The average Bonchev–Trinajstić information content (AvgIpc) is 2.66. The van der Waals surface area contributed by atoms with Gasteiger partial charge in [0.25, 0.3) is 0 Å². The number of hydrazine groups is 1. The number of thiocarbonyl (C=S) groups is 1. The van der Waals surface area contributed by atoms with Gasteiger partial charge < -0.3 is 14.8 Å². The first-order valence-corrected chi connectivity index (χ1v) is 8.43. The van der Waals surface area contributed by atoms with Gasteiger partial charge in [0.1, 0.15) is 17.3 Å². The molecule has 1 heterocycles. The molecule has 0 atom stereocenters. The second-order valence-corrected chi connectivity index (χ2v) is 6.02. The molecule has 6 nitrogen and oxygen atoms in total. The number of ether oxygens (including phenoxy) is 2. The standard InChI is InChI=1S/C19H20N4O2S/c1-12-10-18(20-15-9-8-13(24-2)11-14(12)15)22-23-19(26)21-16-6-4-5-7-17(16)25-3/h4-11H,1-3H3,(H,20,22)(H2,21,23,26). The molecule has 0 radical (unpaired) electrons. The minimum atomic E-state index is 0.406. The van der Waals surface area contributed by atoms with Crippen LogP contribution in [0, 0.1) is 6.92 Å². The lowest BCUT2D eigenvalue weighted by Crippen LogP contribution is -2.33. The van der Waals surface area contributed by atoms with Gasteiger partial charge in [-0.2, -0.15) is 0 Å². The van der Waals surface area contributed by atoms with Gasteiger partial charge in [-0.1, -0.05) is 12.1 Å². The van der Waals surface area contributed by atoms with Gasteiger partial charge in [0.05, 0.1) is 25.4 Å². The Morgan fingerprint density at radius 1 is 1.04 bits per heavy atom. The molecular formula is C19H20N4O2S. The largest absolute Gasteiger partial charge is 0.497 e. The summed E-state index contributed by atoms with van der Waals surface area (Å²) in [5.41, 5.74) is 8.71. The van der Waals surface area contributed by atoms with Gasteiger partial charge in [-0.3, -0.25) is 10.9 Å². The fourth-order valence-corrected chi connectivity index (χ4v) is 2.75. The van der Waals surface area contributed by atoms with E-state index in [1.165, 1.54) is 0 Å². The van der Waals surface area contributed by atoms with E-state index < -0.39 is 0 Å². The van der Waals surface area contributed by atoms with Crippen molar-refractivity contribution in [3.05, 3.63) is 54.1 Å². The summed E-state index contributed by atoms with van der Waals surface area (Å²) in [7, 11) is 3.27. The number of benzene rings is 2. The summed E-state index contributed by atoms with van der Waals surface area (Å²) in [6, 6.07) is 15.3. The minimum Gasteiger partial charge on any atom is -0.497 e. The fourth-order valence-electron chi connectivity index (χ4n) is 2.59. The number of methoxy groups -OCH3 is 2. The van der Waals surface area contributed by atoms with Gasteiger partial charge in [0.2, 0.25) is 0 Å². The Balaban J connectivity index is 1.70. The predicted molar refractivity (Wildman–Crippen MR) is 109 cm³/mol. The summed E-state index contributed by atoms with van der Waals surface area (Å²) >= 11 is 5.32. The van der Waals surface area contributed by atoms with Crippen molar-refractivity contribution in [2.24, 2.45) is 0 Å². The molecule has 0 fully saturated rings. The minimum absolute atomic E-state index is 0.406. The molecule has 0 spiro atoms. The summed E-state index contributed by atoms with van der Waals surface area (Å²) in [4.78, 5) is 4.58. The van der Waals surface area contributed by atoms with E-state index in [0.29, 0.717) is 16.7 Å². The van der Waals surface area contributed by atoms with Crippen molar-refractivity contribution in [2.75, 3.05) is 25.0 Å². The third-order valence-corrected chi connectivity index (χ3v) is 4.09. The number of aromatic nitrogens is 1. The maximum absolute atomic E-state index is 5.32. The highest BCUT2D eigenvalue weighted by Crippen LogP contribution is 2.25. The monoisotopic (exact) mass is 368 g/mol. The van der Waals surface area contributed by atoms with Crippen LogP contribution in [0.5, 0.6) is 11.5 Å². The van der Waals surface area contributed by atoms with Crippen LogP contribution in [0.1, 0.15) is 5.56 Å². The van der Waals surface area contributed by atoms with E-state index in [4.69, 9.17) is 21.7 Å². The number of para-hydroxylation sites is 2. The highest BCUT2D eigenvalue weighted by molar-refractivity contribution is 7.80. The van der Waals surface area contributed by atoms with Crippen LogP contribution in [0.3, 0.4) is 0 Å². The molecule has 2 aromatic carbocycles. The SMILES string of the molecule is COc1ccc2nc(NNC(=S)Nc3ccccc3OC)cc(C)c2c1. The topological polar surface area (TPSA) is 67.4 Å². The maximum atomic E-state index is 5.32. The van der Waals surface area contributed by atoms with Crippen LogP contribution in [0.25, 0.3) is 10.9 Å². The van der Waals surface area contributed by atoms with Gasteiger partial charge in [-0.15, -0.1) is 0 Å². The van der Waals surface area contributed by atoms with Crippen molar-refractivity contribution >= 4 is 39.7 Å². The number of anilines is 2. The van der Waals surface area contributed by atoms with Gasteiger partial charge in [0, 0.05) is 5.39 Å². The lowest BCUT2D eigenvalue weighted by Gasteiger charge is -2.15. The lowest BCUT2D eigenvalue weighted by atomic mass is 10.1. The van der Waals surface area contributed by atoms with Crippen molar-refractivity contribution in [1.29, 1.82) is 0 Å². The molecule has 3 aromatic rings. The van der Waals surface area contributed by atoms with E-state index in [1.807, 2.05) is 55.5 Å². The van der Waals surface area contributed by atoms with Crippen LogP contribution in [0.4, 0.5) is 11.5 Å². The van der Waals surface area contributed by atoms with E-state index in [2.05, 4.69) is 21.2 Å². The summed E-state index contributed by atoms with van der Waals surface area (Å²) in [6.45, 7) is 2.03. The number of nitrogens with one attached hydrogen (secondary N) is 3. The molecule has 3 N–H and O–H groups in total. The van der Waals surface area contributed by atoms with Crippen LogP contribution >= 0.6 is 12.2 Å². The second-order valence-electron chi connectivity index (χ2n) is 5.61. The molecule has 0 saturated carbocycles. The van der Waals surface area contributed by atoms with Crippen molar-refractivity contribution in [3.63, 3.8) is 0 Å². The van der Waals surface area contributed by atoms with Crippen LogP contribution in [0.15, 0.2) is 48.5 Å². The summed E-state index contributed by atoms with van der Waals surface area (Å²) in [5.74, 6) is 2.19. The van der Waals surface area contributed by atoms with Crippen molar-refractivity contribution in [3.8, 4) is 11.5 Å². The average molecular weight is 368 g/mol. The lowest BCUT2D eigenvalue weighted by molar-refractivity contribution is 0.415. The molecular weight excluding hydrogens is 348 g/mol. The Morgan fingerprint density at radius 3 is 2.62 bits per heavy atom. The Morgan fingerprint density at radius 2 is 1.85 bits per heavy atom. The smallest absolute Gasteiger partial charge is 0.189 e. The van der Waals surface area contributed by atoms with Crippen molar-refractivity contribution in [1.82, 2.24) is 10.4 Å². The molecule has 0 aliphatic carbocycles. The van der Waals surface area contributed by atoms with Gasteiger partial charge in [0.15, 0.2) is 5.11 Å². The highest BCUT2D eigenvalue weighted by Gasteiger charge is 2.06. The molecule has 0 amide bonds. The van der Waals surface area contributed by atoms with Crippen LogP contribution in [-0.4, -0.2) is 24.3 Å². The predicted octanol–water partition coefficient (Wildman–Crippen LogP) is 3.87. The van der Waals surface area contributed by atoms with E-state index in [-0.39, 0.29) is 0 Å². The molecule has 26 heavy (non-hydrogen) atoms. The first kappa shape index (κ1) is 17.8. The third-order valence-electron chi connectivity index (χ3n) is 3.88. The molecule has 1 aromatic heterocycles. The number of pyridine rings is 1. The highest BCUT2D eigenvalue weighted by atomic mass is 32.1. The number of fused-ring (bicyclic) bond motifs is 1. The van der Waals surface area contributed by atoms with Gasteiger partial charge >= 0.3 is 0 Å². The van der Waals surface area contributed by atoms with E-state index in [9.17, 15) is 0 Å². The zero-order valence-electron chi connectivity index (χ0n) is 14.8. The zero-order chi connectivity index (χ0) is 18.5. The summed E-state index contributed by atoms with van der Waals surface area (Å²) in [5, 5.41) is 4.54. The fraction of sp³-hybridized carbons (Fsp3) is 0.158. The molecule has 134 valence electrons. The van der Waals surface area contributed by atoms with E-state index in [0.717, 1.165) is 27.9 Å². The number of nitrogens with zero attached hydrogens (tertiary/aromatic N) is 1. The zero-order valence-corrected chi connectivity index (χ0v) is 15.6. The van der Waals surface area contributed by atoms with Gasteiger partial charge in [-0.25, -0.2) is 4.98 Å². The molecule has 3 rings (SSSR count). The van der Waals surface area contributed by atoms with E-state index >= 15 is 0 Å². The van der Waals surface area contributed by atoms with Crippen molar-refractivity contribution in [2.45, 2.75) is 6.92 Å². The van der Waals surface area contributed by atoms with Gasteiger partial charge in [-0.05, 0) is 61.1 Å². The normalized spacial score (nSPS) is 10.3. The number of hydrogen-bond acceptors (Lipinski definition) is 5. The molecule has 0 aliphatic rings. The molecule has 0 aliphatic heterocycles. The van der Waals surface area contributed by atoms with Crippen LogP contribution in [0.2, 0.25) is 0 Å². The van der Waals surface area contributed by atoms with E-state index in [1.54, 1.807) is 14.2 Å². The molecule has 0 unspecified atom stereocenters. The first-order chi connectivity index (χ1) is 12.6. The van der Waals surface area contributed by atoms with Crippen LogP contribution < -0.4 is 25.6 Å². The molecule has 0 bridgehead atoms. The maximum Gasteiger partial charge on any atom is 0.189 e. The second kappa shape index (κ2) is 7.88. The number of rotatable bonds is 5. The first-order valence-electron chi connectivity index (χ1n) is 8.02. The van der Waals surface area contributed by atoms with Crippen molar-refractivity contribution < 1.29 is 9.47 Å². The van der Waals surface area contributed by atoms with Crippen LogP contribution in [-0.2, 0) is 0 Å². The number of aryl methyl sites for hydroxylation is 1. The Hall–Kier alpha value is -3.06. The third kappa shape index (κ3) is 3.94.